The zero-order chi connectivity index (χ0) is 11.6. The number of hydrogen-bond donors (Lipinski definition) is 2. The van der Waals surface area contributed by atoms with E-state index >= 15 is 0 Å². The Bertz CT molecular complexity index is 545. The zero-order valence-electron chi connectivity index (χ0n) is 6.91. The Labute approximate surface area is 82.4 Å². The lowest BCUT2D eigenvalue weighted by Crippen LogP contribution is -2.13. The minimum atomic E-state index is -4.78. The molecule has 0 spiro atoms. The number of nitrogens with zero attached hydrogens (tertiary/aromatic N) is 1. The van der Waals surface area contributed by atoms with Crippen LogP contribution >= 0.6 is 0 Å². The average Bonchev–Trinajstić information content (AvgIpc) is 2.05. The molecule has 0 fully saturated rings. The highest BCUT2D eigenvalue weighted by molar-refractivity contribution is 7.81. The summed E-state index contributed by atoms with van der Waals surface area (Å²) >= 11 is 0. The quantitative estimate of drug-likeness (QED) is 0.408. The minimum Gasteiger partial charge on any atom is -0.360 e. The van der Waals surface area contributed by atoms with Gasteiger partial charge in [-0.05, 0) is 0 Å². The van der Waals surface area contributed by atoms with Crippen molar-refractivity contribution >= 4 is 16.1 Å². The van der Waals surface area contributed by atoms with Crippen molar-refractivity contribution in [2.45, 2.75) is 0 Å². The molecule has 1 aromatic heterocycles. The van der Waals surface area contributed by atoms with Gasteiger partial charge in [0.2, 0.25) is 0 Å². The fourth-order valence-electron chi connectivity index (χ4n) is 0.758. The number of pyridine rings is 1. The highest BCUT2D eigenvalue weighted by Gasteiger charge is 2.16. The molecule has 10 heteroatoms. The Morgan fingerprint density at radius 1 is 1.53 bits per heavy atom. The highest BCUT2D eigenvalue weighted by atomic mass is 32.3. The lowest BCUT2D eigenvalue weighted by Gasteiger charge is -1.99. The summed E-state index contributed by atoms with van der Waals surface area (Å²) in [5.74, 6) is -0.566. The molecule has 15 heavy (non-hydrogen) atoms. The van der Waals surface area contributed by atoms with Crippen LogP contribution in [0.5, 0.6) is 5.75 Å². The summed E-state index contributed by atoms with van der Waals surface area (Å²) in [5, 5.41) is 10.3. The minimum absolute atomic E-state index is 0.566. The number of aromatic amines is 1. The third kappa shape index (κ3) is 3.03. The van der Waals surface area contributed by atoms with E-state index in [-0.39, 0.29) is 0 Å². The maximum Gasteiger partial charge on any atom is 0.446 e. The van der Waals surface area contributed by atoms with E-state index < -0.39 is 32.3 Å². The van der Waals surface area contributed by atoms with Gasteiger partial charge in [0.15, 0.2) is 5.75 Å². The lowest BCUT2D eigenvalue weighted by molar-refractivity contribution is -0.386. The van der Waals surface area contributed by atoms with Crippen LogP contribution in [-0.4, -0.2) is 22.9 Å². The molecule has 0 amide bonds. The molecule has 0 atom stereocenters. The molecule has 0 aromatic carbocycles. The molecule has 0 aliphatic carbocycles. The van der Waals surface area contributed by atoms with Crippen LogP contribution < -0.4 is 9.74 Å². The van der Waals surface area contributed by atoms with E-state index in [1.807, 2.05) is 4.98 Å². The van der Waals surface area contributed by atoms with Crippen LogP contribution in [-0.2, 0) is 10.4 Å². The van der Waals surface area contributed by atoms with Crippen LogP contribution in [0.1, 0.15) is 0 Å². The monoisotopic (exact) mass is 236 g/mol. The summed E-state index contributed by atoms with van der Waals surface area (Å²) < 4.78 is 32.6. The van der Waals surface area contributed by atoms with Gasteiger partial charge in [0.25, 0.3) is 0 Å². The molecular formula is C5H4N2O7S. The Morgan fingerprint density at radius 2 is 2.13 bits per heavy atom. The molecule has 2 N–H and O–H groups in total. The van der Waals surface area contributed by atoms with Crippen LogP contribution in [0.25, 0.3) is 0 Å². The molecule has 82 valence electrons. The number of rotatable bonds is 3. The van der Waals surface area contributed by atoms with Gasteiger partial charge in [0, 0.05) is 6.20 Å². The molecular weight excluding hydrogens is 232 g/mol. The third-order valence-electron chi connectivity index (χ3n) is 1.26. The van der Waals surface area contributed by atoms with Gasteiger partial charge in [-0.25, -0.2) is 0 Å². The molecule has 0 saturated carbocycles. The predicted octanol–water partition coefficient (Wildman–Crippen LogP) is -0.535. The first kappa shape index (κ1) is 11.1. The van der Waals surface area contributed by atoms with Crippen molar-refractivity contribution < 1.29 is 22.1 Å². The average molecular weight is 236 g/mol. The molecule has 0 unspecified atom stereocenters. The maximum absolute atomic E-state index is 10.8. The van der Waals surface area contributed by atoms with Gasteiger partial charge in [-0.15, -0.1) is 0 Å². The molecule has 0 radical (unpaired) electrons. The first-order chi connectivity index (χ1) is 6.79. The Morgan fingerprint density at radius 3 is 2.60 bits per heavy atom. The summed E-state index contributed by atoms with van der Waals surface area (Å²) in [6.07, 6.45) is 0.767. The summed E-state index contributed by atoms with van der Waals surface area (Å²) in [4.78, 5) is 21.9. The van der Waals surface area contributed by atoms with Gasteiger partial charge in [-0.2, -0.15) is 8.42 Å². The van der Waals surface area contributed by atoms with E-state index in [1.54, 1.807) is 0 Å². The zero-order valence-corrected chi connectivity index (χ0v) is 7.72. The van der Waals surface area contributed by atoms with Crippen LogP contribution in [0, 0.1) is 10.1 Å². The largest absolute Gasteiger partial charge is 0.446 e. The van der Waals surface area contributed by atoms with E-state index in [4.69, 9.17) is 4.55 Å². The van der Waals surface area contributed by atoms with Gasteiger partial charge >= 0.3 is 21.6 Å². The van der Waals surface area contributed by atoms with E-state index in [0.29, 0.717) is 6.07 Å². The summed E-state index contributed by atoms with van der Waals surface area (Å²) in [6, 6.07) is 0.576. The molecule has 1 rings (SSSR count). The van der Waals surface area contributed by atoms with Crippen molar-refractivity contribution in [3.8, 4) is 5.75 Å². The van der Waals surface area contributed by atoms with Crippen molar-refractivity contribution in [3.05, 3.63) is 32.7 Å². The first-order valence-corrected chi connectivity index (χ1v) is 4.70. The van der Waals surface area contributed by atoms with Crippen molar-refractivity contribution in [1.29, 1.82) is 0 Å². The van der Waals surface area contributed by atoms with Crippen molar-refractivity contribution in [1.82, 2.24) is 4.98 Å². The second kappa shape index (κ2) is 3.67. The van der Waals surface area contributed by atoms with Gasteiger partial charge in [0.05, 0.1) is 11.0 Å². The van der Waals surface area contributed by atoms with E-state index in [2.05, 4.69) is 4.18 Å². The van der Waals surface area contributed by atoms with Gasteiger partial charge in [0.1, 0.15) is 0 Å². The molecule has 1 aromatic rings. The Kier molecular flexibility index (Phi) is 2.72. The number of hydrogen-bond acceptors (Lipinski definition) is 6. The molecule has 0 aliphatic heterocycles. The third-order valence-corrected chi connectivity index (χ3v) is 1.66. The van der Waals surface area contributed by atoms with E-state index in [0.717, 1.165) is 6.20 Å². The smallest absolute Gasteiger partial charge is 0.360 e. The van der Waals surface area contributed by atoms with Gasteiger partial charge < -0.3 is 9.17 Å². The van der Waals surface area contributed by atoms with Gasteiger partial charge in [-0.1, -0.05) is 0 Å². The SMILES string of the molecule is O=c1[nH]cc(OS(=O)(=O)O)cc1[N+](=O)[O-]. The number of nitrogens with one attached hydrogen (secondary N) is 1. The standard InChI is InChI=1S/C5H4N2O7S/c8-5-4(7(9)10)1-3(2-6-5)14-15(11,12)13/h1-2H,(H,6,8)(H,11,12,13). The summed E-state index contributed by atoms with van der Waals surface area (Å²) in [6.45, 7) is 0. The number of nitro groups is 1. The number of H-pyrrole nitrogens is 1. The second-order valence-corrected chi connectivity index (χ2v) is 3.34. The molecule has 0 bridgehead atoms. The normalized spacial score (nSPS) is 11.0. The van der Waals surface area contributed by atoms with Crippen LogP contribution in [0.15, 0.2) is 17.1 Å². The Balaban J connectivity index is 3.20. The number of aromatic nitrogens is 1. The van der Waals surface area contributed by atoms with E-state index in [9.17, 15) is 23.3 Å². The molecule has 0 aliphatic rings. The van der Waals surface area contributed by atoms with Crippen molar-refractivity contribution in [2.24, 2.45) is 0 Å². The first-order valence-electron chi connectivity index (χ1n) is 3.33. The summed E-state index contributed by atoms with van der Waals surface area (Å²) in [7, 11) is -4.78. The molecule has 1 heterocycles. The van der Waals surface area contributed by atoms with Crippen LogP contribution in [0.3, 0.4) is 0 Å². The fraction of sp³-hybridized carbons (Fsp3) is 0. The second-order valence-electron chi connectivity index (χ2n) is 2.32. The highest BCUT2D eigenvalue weighted by Crippen LogP contribution is 2.14. The van der Waals surface area contributed by atoms with Crippen molar-refractivity contribution in [2.75, 3.05) is 0 Å². The van der Waals surface area contributed by atoms with Crippen LogP contribution in [0.2, 0.25) is 0 Å². The van der Waals surface area contributed by atoms with E-state index in [1.165, 1.54) is 0 Å². The fourth-order valence-corrected chi connectivity index (χ4v) is 1.10. The topological polar surface area (TPSA) is 140 Å². The van der Waals surface area contributed by atoms with Gasteiger partial charge in [-0.3, -0.25) is 19.5 Å². The summed E-state index contributed by atoms with van der Waals surface area (Å²) in [5.41, 5.74) is -1.90. The lowest BCUT2D eigenvalue weighted by atomic mass is 10.4. The molecule has 0 saturated heterocycles. The predicted molar refractivity (Wildman–Crippen MR) is 45.9 cm³/mol. The Hall–Kier alpha value is -1.94. The van der Waals surface area contributed by atoms with Crippen LogP contribution in [0.4, 0.5) is 5.69 Å². The molecule has 9 nitrogen and oxygen atoms in total. The van der Waals surface area contributed by atoms with Crippen molar-refractivity contribution in [3.63, 3.8) is 0 Å². The maximum atomic E-state index is 10.8.